The zero-order valence-electron chi connectivity index (χ0n) is 9.63. The summed E-state index contributed by atoms with van der Waals surface area (Å²) in [5.41, 5.74) is 0. The summed E-state index contributed by atoms with van der Waals surface area (Å²) in [6.07, 6.45) is 0. The molecular formula is C7H18BO5P2. The Kier molecular flexibility index (Phi) is 11.7. The van der Waals surface area contributed by atoms with Gasteiger partial charge in [-0.2, -0.15) is 0 Å². The molecule has 15 heavy (non-hydrogen) atoms. The molecule has 0 aliphatic carbocycles. The summed E-state index contributed by atoms with van der Waals surface area (Å²) in [6.45, 7) is 4.77. The molecule has 5 nitrogen and oxygen atoms in total. The quantitative estimate of drug-likeness (QED) is 0.492. The first-order valence-corrected chi connectivity index (χ1v) is 7.44. The Balaban J connectivity index is 0. The van der Waals surface area contributed by atoms with Crippen LogP contribution >= 0.6 is 16.0 Å². The van der Waals surface area contributed by atoms with Gasteiger partial charge in [-0.15, -0.1) is 0 Å². The first-order chi connectivity index (χ1) is 6.61. The van der Waals surface area contributed by atoms with Crippen molar-refractivity contribution in [2.24, 2.45) is 0 Å². The third kappa shape index (κ3) is 7.45. The molecule has 0 N–H and O–H groups in total. The highest BCUT2D eigenvalue weighted by Gasteiger charge is 2.28. The van der Waals surface area contributed by atoms with E-state index in [4.69, 9.17) is 18.1 Å². The molecule has 0 unspecified atom stereocenters. The largest absolute Gasteiger partial charge is 0.339 e. The summed E-state index contributed by atoms with van der Waals surface area (Å²) in [4.78, 5) is 0. The fourth-order valence-corrected chi connectivity index (χ4v) is 4.25. The van der Waals surface area contributed by atoms with Gasteiger partial charge in [0.1, 0.15) is 5.90 Å². The van der Waals surface area contributed by atoms with Gasteiger partial charge < -0.3 is 18.1 Å². The van der Waals surface area contributed by atoms with Gasteiger partial charge in [-0.05, 0) is 13.8 Å². The van der Waals surface area contributed by atoms with Crippen molar-refractivity contribution in [2.45, 2.75) is 13.8 Å². The average Bonchev–Trinajstić information content (AvgIpc) is 2.18. The van der Waals surface area contributed by atoms with Crippen LogP contribution in [0, 0.1) is 0 Å². The lowest BCUT2D eigenvalue weighted by molar-refractivity contribution is 0.259. The summed E-state index contributed by atoms with van der Waals surface area (Å²) in [6, 6.07) is 0. The lowest BCUT2D eigenvalue weighted by atomic mass is 10.8. The Bertz CT molecular complexity index is 178. The van der Waals surface area contributed by atoms with Crippen molar-refractivity contribution in [3.8, 4) is 0 Å². The van der Waals surface area contributed by atoms with Gasteiger partial charge in [-0.25, -0.2) is 0 Å². The lowest BCUT2D eigenvalue weighted by Crippen LogP contribution is -1.99. The predicted molar refractivity (Wildman–Crippen MR) is 62.4 cm³/mol. The number of rotatable bonds is 8. The van der Waals surface area contributed by atoms with Crippen molar-refractivity contribution < 1.29 is 22.7 Å². The van der Waals surface area contributed by atoms with E-state index in [0.29, 0.717) is 13.2 Å². The van der Waals surface area contributed by atoms with Crippen LogP contribution in [-0.4, -0.2) is 41.7 Å². The molecule has 0 saturated carbocycles. The summed E-state index contributed by atoms with van der Waals surface area (Å²) in [5.74, 6) is 0.178. The average molecular weight is 255 g/mol. The molecule has 0 heterocycles. The van der Waals surface area contributed by atoms with Crippen LogP contribution in [0.1, 0.15) is 13.8 Å². The minimum atomic E-state index is -3.02. The van der Waals surface area contributed by atoms with Gasteiger partial charge >= 0.3 is 7.60 Å². The molecule has 0 aliphatic heterocycles. The molecule has 0 aromatic rings. The summed E-state index contributed by atoms with van der Waals surface area (Å²) < 4.78 is 31.9. The van der Waals surface area contributed by atoms with Gasteiger partial charge in [0.15, 0.2) is 8.38 Å². The predicted octanol–water partition coefficient (Wildman–Crippen LogP) is 2.43. The Morgan fingerprint density at radius 3 is 1.73 bits per heavy atom. The first-order valence-electron chi connectivity index (χ1n) is 4.35. The fraction of sp³-hybridized carbons (Fsp3) is 1.00. The molecular weight excluding hydrogens is 237 g/mol. The van der Waals surface area contributed by atoms with E-state index in [1.165, 1.54) is 14.2 Å². The van der Waals surface area contributed by atoms with E-state index in [1.807, 2.05) is 13.8 Å². The molecule has 0 amide bonds. The van der Waals surface area contributed by atoms with Gasteiger partial charge in [-0.1, -0.05) is 0 Å². The number of hydrogen-bond donors (Lipinski definition) is 0. The molecule has 0 aliphatic rings. The molecule has 8 heteroatoms. The maximum Gasteiger partial charge on any atom is 0.339 e. The maximum atomic E-state index is 11.7. The fourth-order valence-electron chi connectivity index (χ4n) is 0.738. The van der Waals surface area contributed by atoms with Crippen LogP contribution in [0.5, 0.6) is 0 Å². The van der Waals surface area contributed by atoms with Crippen molar-refractivity contribution >= 4 is 24.4 Å². The first kappa shape index (κ1) is 17.9. The second-order valence-corrected chi connectivity index (χ2v) is 6.55. The topological polar surface area (TPSA) is 54.0 Å². The van der Waals surface area contributed by atoms with Crippen LogP contribution in [-0.2, 0) is 22.7 Å². The molecule has 0 bridgehead atoms. The van der Waals surface area contributed by atoms with Crippen molar-refractivity contribution in [3.05, 3.63) is 0 Å². The zero-order valence-corrected chi connectivity index (χ0v) is 11.4. The van der Waals surface area contributed by atoms with Crippen LogP contribution in [0.25, 0.3) is 0 Å². The Morgan fingerprint density at radius 1 is 1.07 bits per heavy atom. The molecule has 0 aromatic heterocycles. The number of hydrogen-bond acceptors (Lipinski definition) is 5. The molecule has 3 radical (unpaired) electrons. The van der Waals surface area contributed by atoms with Gasteiger partial charge in [0, 0.05) is 22.6 Å². The third-order valence-corrected chi connectivity index (χ3v) is 5.91. The summed E-state index contributed by atoms with van der Waals surface area (Å²) in [5, 5.41) is 0. The van der Waals surface area contributed by atoms with E-state index in [-0.39, 0.29) is 14.3 Å². The van der Waals surface area contributed by atoms with E-state index in [1.54, 1.807) is 0 Å². The van der Waals surface area contributed by atoms with Gasteiger partial charge in [0.25, 0.3) is 0 Å². The highest BCUT2D eigenvalue weighted by molar-refractivity contribution is 7.68. The second kappa shape index (κ2) is 9.77. The molecule has 0 rings (SSSR count). The molecule has 0 atom stereocenters. The van der Waals surface area contributed by atoms with Crippen LogP contribution in [0.3, 0.4) is 0 Å². The van der Waals surface area contributed by atoms with E-state index in [9.17, 15) is 4.57 Å². The van der Waals surface area contributed by atoms with Crippen molar-refractivity contribution in [2.75, 3.05) is 33.3 Å². The highest BCUT2D eigenvalue weighted by atomic mass is 31.2. The van der Waals surface area contributed by atoms with Gasteiger partial charge in [-0.3, -0.25) is 4.57 Å². The Labute approximate surface area is 94.8 Å². The summed E-state index contributed by atoms with van der Waals surface area (Å²) >= 11 is 0. The van der Waals surface area contributed by atoms with Crippen LogP contribution in [0.2, 0.25) is 0 Å². The van der Waals surface area contributed by atoms with Crippen molar-refractivity contribution in [1.29, 1.82) is 0 Å². The Morgan fingerprint density at radius 2 is 1.47 bits per heavy atom. The van der Waals surface area contributed by atoms with E-state index >= 15 is 0 Å². The lowest BCUT2D eigenvalue weighted by Gasteiger charge is -2.19. The standard InChI is InChI=1S/C7H18O5P2.B/c1-5-11-13(12-6-2)7-14(8,9-3)10-4;/h5-7H2,1-4H3;. The third-order valence-electron chi connectivity index (χ3n) is 1.39. The molecule has 0 aromatic carbocycles. The van der Waals surface area contributed by atoms with E-state index in [0.717, 1.165) is 0 Å². The smallest absolute Gasteiger partial charge is 0.334 e. The highest BCUT2D eigenvalue weighted by Crippen LogP contribution is 2.58. The molecule has 0 spiro atoms. The van der Waals surface area contributed by atoms with Crippen LogP contribution < -0.4 is 0 Å². The molecule has 0 fully saturated rings. The maximum absolute atomic E-state index is 11.7. The summed E-state index contributed by atoms with van der Waals surface area (Å²) in [7, 11) is -1.48. The monoisotopic (exact) mass is 255 g/mol. The van der Waals surface area contributed by atoms with Crippen molar-refractivity contribution in [1.82, 2.24) is 0 Å². The van der Waals surface area contributed by atoms with E-state index < -0.39 is 16.0 Å². The molecule has 0 saturated heterocycles. The van der Waals surface area contributed by atoms with Crippen LogP contribution in [0.15, 0.2) is 0 Å². The molecule has 89 valence electrons. The van der Waals surface area contributed by atoms with Gasteiger partial charge in [0.05, 0.1) is 13.2 Å². The minimum Gasteiger partial charge on any atom is -0.334 e. The second-order valence-electron chi connectivity index (χ2n) is 2.29. The minimum absolute atomic E-state index is 0. The normalized spacial score (nSPS) is 11.5. The van der Waals surface area contributed by atoms with Crippen molar-refractivity contribution in [3.63, 3.8) is 0 Å². The Hall–Kier alpha value is 0.565. The zero-order chi connectivity index (χ0) is 11.0. The van der Waals surface area contributed by atoms with Gasteiger partial charge in [0.2, 0.25) is 0 Å². The van der Waals surface area contributed by atoms with E-state index in [2.05, 4.69) is 0 Å². The van der Waals surface area contributed by atoms with Crippen LogP contribution in [0.4, 0.5) is 0 Å². The SMILES string of the molecule is CCOP(CP(=O)(OC)OC)OCC.[B].